The number of hydrogen-bond acceptors (Lipinski definition) is 4. The Hall–Kier alpha value is -2.13. The molecule has 2 heterocycles. The third kappa shape index (κ3) is 3.09. The lowest BCUT2D eigenvalue weighted by Crippen LogP contribution is -2.09. The molecule has 0 aliphatic rings. The van der Waals surface area contributed by atoms with Crippen LogP contribution in [0.1, 0.15) is 5.69 Å². The number of aromatic nitrogens is 4. The van der Waals surface area contributed by atoms with Crippen molar-refractivity contribution in [2.75, 3.05) is 5.73 Å². The second-order valence-electron chi connectivity index (χ2n) is 4.73. The number of benzene rings is 1. The maximum atomic E-state index is 13.4. The summed E-state index contributed by atoms with van der Waals surface area (Å²) >= 11 is 9.14. The van der Waals surface area contributed by atoms with Gasteiger partial charge in [-0.2, -0.15) is 23.0 Å². The van der Waals surface area contributed by atoms with Crippen molar-refractivity contribution in [1.82, 2.24) is 19.7 Å². The number of nitrogen functional groups attached to an aromatic ring is 1. The Morgan fingerprint density at radius 2 is 1.79 bits per heavy atom. The Labute approximate surface area is 147 Å². The molecule has 0 saturated carbocycles. The number of nitrogens with zero attached hydrogens (tertiary/aromatic N) is 4. The molecule has 2 aromatic heterocycles. The van der Waals surface area contributed by atoms with Crippen molar-refractivity contribution in [3.05, 3.63) is 51.8 Å². The molecule has 0 aliphatic carbocycles. The van der Waals surface area contributed by atoms with Gasteiger partial charge in [-0.1, -0.05) is 27.5 Å². The highest BCUT2D eigenvalue weighted by Crippen LogP contribution is 2.41. The molecule has 0 atom stereocenters. The van der Waals surface area contributed by atoms with E-state index in [2.05, 4.69) is 31.0 Å². The molecule has 0 fully saturated rings. The summed E-state index contributed by atoms with van der Waals surface area (Å²) in [4.78, 5) is 7.76. The molecule has 1 aromatic carbocycles. The van der Waals surface area contributed by atoms with E-state index >= 15 is 0 Å². The van der Waals surface area contributed by atoms with Crippen molar-refractivity contribution in [3.63, 3.8) is 0 Å². The van der Waals surface area contributed by atoms with Crippen molar-refractivity contribution in [2.24, 2.45) is 0 Å². The quantitative estimate of drug-likeness (QED) is 0.672. The maximum Gasteiger partial charge on any atom is 0.435 e. The predicted octanol–water partition coefficient (Wildman–Crippen LogP) is 4.35. The standard InChI is InChI=1S/C14H8BrClF3N5/c15-8-4-7(5-9(16)6-8)10-11(14(17,18)19)23-24(12(10)20)13-21-2-1-3-22-13/h1-6H,20H2. The Balaban J connectivity index is 2.30. The van der Waals surface area contributed by atoms with Crippen LogP contribution in [0.15, 0.2) is 41.1 Å². The molecule has 24 heavy (non-hydrogen) atoms. The zero-order valence-corrected chi connectivity index (χ0v) is 14.1. The molecule has 10 heteroatoms. The number of hydrogen-bond donors (Lipinski definition) is 1. The lowest BCUT2D eigenvalue weighted by atomic mass is 10.1. The number of alkyl halides is 3. The highest BCUT2D eigenvalue weighted by molar-refractivity contribution is 9.10. The minimum absolute atomic E-state index is 0.0622. The van der Waals surface area contributed by atoms with Crippen LogP contribution in [-0.4, -0.2) is 19.7 Å². The third-order valence-electron chi connectivity index (χ3n) is 3.08. The van der Waals surface area contributed by atoms with Crippen LogP contribution >= 0.6 is 27.5 Å². The van der Waals surface area contributed by atoms with Gasteiger partial charge in [-0.15, -0.1) is 0 Å². The Morgan fingerprint density at radius 1 is 1.12 bits per heavy atom. The van der Waals surface area contributed by atoms with E-state index in [9.17, 15) is 13.2 Å². The molecular formula is C14H8BrClF3N5. The van der Waals surface area contributed by atoms with Crippen molar-refractivity contribution >= 4 is 33.3 Å². The van der Waals surface area contributed by atoms with Gasteiger partial charge in [0.15, 0.2) is 5.69 Å². The first-order valence-electron chi connectivity index (χ1n) is 6.47. The monoisotopic (exact) mass is 417 g/mol. The summed E-state index contributed by atoms with van der Waals surface area (Å²) in [6, 6.07) is 5.94. The minimum atomic E-state index is -4.71. The molecule has 3 aromatic rings. The SMILES string of the molecule is Nc1c(-c2cc(Cl)cc(Br)c2)c(C(F)(F)F)nn1-c1ncccn1. The van der Waals surface area contributed by atoms with E-state index in [1.54, 1.807) is 6.07 Å². The second-order valence-corrected chi connectivity index (χ2v) is 6.08. The molecule has 5 nitrogen and oxygen atoms in total. The van der Waals surface area contributed by atoms with E-state index in [0.29, 0.717) is 4.47 Å². The Kier molecular flexibility index (Phi) is 4.22. The molecule has 124 valence electrons. The molecular weight excluding hydrogens is 411 g/mol. The van der Waals surface area contributed by atoms with Gasteiger partial charge < -0.3 is 5.73 Å². The number of rotatable bonds is 2. The van der Waals surface area contributed by atoms with Crippen LogP contribution in [0.25, 0.3) is 17.1 Å². The highest BCUT2D eigenvalue weighted by Gasteiger charge is 2.40. The first-order chi connectivity index (χ1) is 11.3. The van der Waals surface area contributed by atoms with Gasteiger partial charge >= 0.3 is 6.18 Å². The summed E-state index contributed by atoms with van der Waals surface area (Å²) < 4.78 is 41.7. The van der Waals surface area contributed by atoms with E-state index in [1.165, 1.54) is 30.6 Å². The molecule has 0 unspecified atom stereocenters. The van der Waals surface area contributed by atoms with Gasteiger partial charge in [0, 0.05) is 21.9 Å². The van der Waals surface area contributed by atoms with Crippen LogP contribution in [-0.2, 0) is 6.18 Å². The summed E-state index contributed by atoms with van der Waals surface area (Å²) in [7, 11) is 0. The first kappa shape index (κ1) is 16.7. The average molecular weight is 419 g/mol. The van der Waals surface area contributed by atoms with Crippen molar-refractivity contribution in [1.29, 1.82) is 0 Å². The van der Waals surface area contributed by atoms with Crippen LogP contribution in [0.2, 0.25) is 5.02 Å². The molecule has 3 rings (SSSR count). The maximum absolute atomic E-state index is 13.4. The third-order valence-corrected chi connectivity index (χ3v) is 3.76. The van der Waals surface area contributed by atoms with Gasteiger partial charge in [0.05, 0.1) is 5.56 Å². The van der Waals surface area contributed by atoms with E-state index < -0.39 is 11.9 Å². The highest BCUT2D eigenvalue weighted by atomic mass is 79.9. The lowest BCUT2D eigenvalue weighted by molar-refractivity contribution is -0.140. The summed E-state index contributed by atoms with van der Waals surface area (Å²) in [5.41, 5.74) is 4.69. The summed E-state index contributed by atoms with van der Waals surface area (Å²) in [5, 5.41) is 3.83. The van der Waals surface area contributed by atoms with E-state index in [4.69, 9.17) is 17.3 Å². The van der Waals surface area contributed by atoms with E-state index in [-0.39, 0.29) is 27.9 Å². The largest absolute Gasteiger partial charge is 0.435 e. The molecule has 0 bridgehead atoms. The van der Waals surface area contributed by atoms with E-state index in [0.717, 1.165) is 4.68 Å². The van der Waals surface area contributed by atoms with Gasteiger partial charge in [0.25, 0.3) is 5.95 Å². The fraction of sp³-hybridized carbons (Fsp3) is 0.0714. The smallest absolute Gasteiger partial charge is 0.383 e. The summed E-state index contributed by atoms with van der Waals surface area (Å²) in [6.07, 6.45) is -1.95. The molecule has 0 saturated heterocycles. The zero-order valence-electron chi connectivity index (χ0n) is 11.7. The number of nitrogens with two attached hydrogens (primary N) is 1. The van der Waals surface area contributed by atoms with Crippen molar-refractivity contribution in [3.8, 4) is 17.1 Å². The normalized spacial score (nSPS) is 11.7. The zero-order chi connectivity index (χ0) is 17.5. The molecule has 0 radical (unpaired) electrons. The van der Waals surface area contributed by atoms with Crippen molar-refractivity contribution < 1.29 is 13.2 Å². The van der Waals surface area contributed by atoms with Gasteiger partial charge in [-0.25, -0.2) is 9.97 Å². The topological polar surface area (TPSA) is 69.6 Å². The molecule has 0 aliphatic heterocycles. The predicted molar refractivity (Wildman–Crippen MR) is 86.7 cm³/mol. The first-order valence-corrected chi connectivity index (χ1v) is 7.64. The van der Waals surface area contributed by atoms with Gasteiger partial charge in [-0.05, 0) is 29.8 Å². The van der Waals surface area contributed by atoms with Crippen molar-refractivity contribution in [2.45, 2.75) is 6.18 Å². The molecule has 0 amide bonds. The average Bonchev–Trinajstić information content (AvgIpc) is 2.85. The number of halogens is 5. The summed E-state index contributed by atoms with van der Waals surface area (Å²) in [6.45, 7) is 0. The van der Waals surface area contributed by atoms with Gasteiger partial charge in [-0.3, -0.25) is 0 Å². The lowest BCUT2D eigenvalue weighted by Gasteiger charge is -2.08. The minimum Gasteiger partial charge on any atom is -0.383 e. The molecule has 0 spiro atoms. The van der Waals surface area contributed by atoms with Crippen LogP contribution in [0.5, 0.6) is 0 Å². The van der Waals surface area contributed by atoms with Gasteiger partial charge in [0.1, 0.15) is 5.82 Å². The van der Waals surface area contributed by atoms with E-state index in [1.807, 2.05) is 0 Å². The summed E-state index contributed by atoms with van der Waals surface area (Å²) in [5.74, 6) is -0.296. The second kappa shape index (κ2) is 6.06. The van der Waals surface area contributed by atoms with Crippen LogP contribution in [0.3, 0.4) is 0 Å². The fourth-order valence-electron chi connectivity index (χ4n) is 2.17. The van der Waals surface area contributed by atoms with Crippen LogP contribution in [0, 0.1) is 0 Å². The Bertz CT molecular complexity index is 875. The Morgan fingerprint density at radius 3 is 2.38 bits per heavy atom. The fourth-order valence-corrected chi connectivity index (χ4v) is 3.03. The van der Waals surface area contributed by atoms with Crippen LogP contribution in [0.4, 0.5) is 19.0 Å². The molecule has 2 N–H and O–H groups in total. The van der Waals surface area contributed by atoms with Crippen LogP contribution < -0.4 is 5.73 Å². The number of anilines is 1. The van der Waals surface area contributed by atoms with Gasteiger partial charge in [0.2, 0.25) is 0 Å².